The van der Waals surface area contributed by atoms with Gasteiger partial charge >= 0.3 is 0 Å². The third-order valence-electron chi connectivity index (χ3n) is 3.24. The van der Waals surface area contributed by atoms with Crippen LogP contribution < -0.4 is 5.32 Å². The van der Waals surface area contributed by atoms with Crippen molar-refractivity contribution in [2.45, 2.75) is 32.2 Å². The molecule has 0 saturated heterocycles. The summed E-state index contributed by atoms with van der Waals surface area (Å²) in [6.45, 7) is 2.56. The quantitative estimate of drug-likeness (QED) is 0.872. The minimum Gasteiger partial charge on any atom is -0.331 e. The summed E-state index contributed by atoms with van der Waals surface area (Å²) in [6, 6.07) is 6.83. The number of nitrogens with one attached hydrogen (secondary N) is 1. The topological polar surface area (TPSA) is 29.9 Å². The van der Waals surface area contributed by atoms with Crippen LogP contribution in [0.15, 0.2) is 24.3 Å². The van der Waals surface area contributed by atoms with Crippen LogP contribution in [0.4, 0.5) is 8.78 Å². The van der Waals surface area contributed by atoms with Crippen LogP contribution in [0.1, 0.15) is 19.2 Å². The maximum atomic E-state index is 13.0. The Morgan fingerprint density at radius 3 is 2.68 bits per heavy atom. The molecule has 0 radical (unpaired) electrons. The van der Waals surface area contributed by atoms with E-state index in [1.807, 2.05) is 42.8 Å². The molecule has 0 aliphatic heterocycles. The Morgan fingerprint density at radius 2 is 2.05 bits per heavy atom. The van der Waals surface area contributed by atoms with Gasteiger partial charge in [0.05, 0.1) is 17.1 Å². The third kappa shape index (κ3) is 3.10. The number of aromatic nitrogens is 2. The highest BCUT2D eigenvalue weighted by atomic mass is 19.3. The van der Waals surface area contributed by atoms with Crippen LogP contribution in [-0.4, -0.2) is 28.6 Å². The van der Waals surface area contributed by atoms with E-state index in [2.05, 4.69) is 10.3 Å². The molecule has 0 aliphatic rings. The van der Waals surface area contributed by atoms with Crippen LogP contribution in [0.25, 0.3) is 11.0 Å². The molecule has 0 bridgehead atoms. The number of hydrogen-bond donors (Lipinski definition) is 1. The SMILES string of the molecule is CCCNC(Cc1nc2ccccc2n1C)C(F)F. The molecule has 0 spiro atoms. The van der Waals surface area contributed by atoms with Crippen molar-refractivity contribution in [3.8, 4) is 0 Å². The molecule has 19 heavy (non-hydrogen) atoms. The largest absolute Gasteiger partial charge is 0.331 e. The van der Waals surface area contributed by atoms with Gasteiger partial charge in [0.2, 0.25) is 0 Å². The lowest BCUT2D eigenvalue weighted by Gasteiger charge is -2.17. The zero-order valence-corrected chi connectivity index (χ0v) is 11.2. The lowest BCUT2D eigenvalue weighted by molar-refractivity contribution is 0.0971. The van der Waals surface area contributed by atoms with Crippen LogP contribution >= 0.6 is 0 Å². The molecule has 0 amide bonds. The molecule has 0 aliphatic carbocycles. The van der Waals surface area contributed by atoms with Gasteiger partial charge in [-0.25, -0.2) is 13.8 Å². The molecule has 1 unspecified atom stereocenters. The molecule has 1 aromatic heterocycles. The normalized spacial score (nSPS) is 13.3. The number of rotatable bonds is 6. The number of nitrogens with zero attached hydrogens (tertiary/aromatic N) is 2. The summed E-state index contributed by atoms with van der Waals surface area (Å²) >= 11 is 0. The molecular weight excluding hydrogens is 248 g/mol. The Hall–Kier alpha value is -1.49. The van der Waals surface area contributed by atoms with Gasteiger partial charge in [-0.05, 0) is 25.1 Å². The fraction of sp³-hybridized carbons (Fsp3) is 0.500. The molecule has 3 nitrogen and oxygen atoms in total. The van der Waals surface area contributed by atoms with Gasteiger partial charge in [-0.2, -0.15) is 0 Å². The lowest BCUT2D eigenvalue weighted by atomic mass is 10.2. The van der Waals surface area contributed by atoms with Gasteiger partial charge in [-0.3, -0.25) is 0 Å². The average Bonchev–Trinajstić information content (AvgIpc) is 2.71. The van der Waals surface area contributed by atoms with E-state index in [1.54, 1.807) is 0 Å². The fourth-order valence-corrected chi connectivity index (χ4v) is 2.15. The second-order valence-corrected chi connectivity index (χ2v) is 4.67. The first-order chi connectivity index (χ1) is 9.13. The summed E-state index contributed by atoms with van der Waals surface area (Å²) in [5.74, 6) is 0.690. The highest BCUT2D eigenvalue weighted by Crippen LogP contribution is 2.16. The molecule has 1 N–H and O–H groups in total. The number of imidazole rings is 1. The highest BCUT2D eigenvalue weighted by Gasteiger charge is 2.22. The van der Waals surface area contributed by atoms with Crippen molar-refractivity contribution in [3.05, 3.63) is 30.1 Å². The molecule has 0 saturated carbocycles. The molecule has 2 aromatic rings. The van der Waals surface area contributed by atoms with Crippen LogP contribution in [0.2, 0.25) is 0 Å². The van der Waals surface area contributed by atoms with Crippen molar-refractivity contribution in [1.29, 1.82) is 0 Å². The molecule has 1 atom stereocenters. The maximum absolute atomic E-state index is 13.0. The molecule has 0 fully saturated rings. The standard InChI is InChI=1S/C14H19F2N3/c1-3-8-17-11(14(15)16)9-13-18-10-6-4-5-7-12(10)19(13)2/h4-7,11,14,17H,3,8-9H2,1-2H3. The van der Waals surface area contributed by atoms with E-state index in [-0.39, 0.29) is 6.42 Å². The average molecular weight is 267 g/mol. The summed E-state index contributed by atoms with van der Waals surface area (Å²) in [4.78, 5) is 4.43. The Balaban J connectivity index is 2.21. The molecule has 1 aromatic carbocycles. The minimum absolute atomic E-state index is 0.239. The van der Waals surface area contributed by atoms with Gasteiger partial charge in [0.1, 0.15) is 5.82 Å². The van der Waals surface area contributed by atoms with Crippen molar-refractivity contribution in [3.63, 3.8) is 0 Å². The number of fused-ring (bicyclic) bond motifs is 1. The van der Waals surface area contributed by atoms with E-state index in [1.165, 1.54) is 0 Å². The Kier molecular flexibility index (Phi) is 4.47. The highest BCUT2D eigenvalue weighted by molar-refractivity contribution is 5.75. The smallest absolute Gasteiger partial charge is 0.254 e. The molecule has 5 heteroatoms. The van der Waals surface area contributed by atoms with E-state index in [0.29, 0.717) is 12.4 Å². The van der Waals surface area contributed by atoms with Gasteiger partial charge in [-0.1, -0.05) is 19.1 Å². The van der Waals surface area contributed by atoms with Gasteiger partial charge in [0.15, 0.2) is 0 Å². The first-order valence-electron chi connectivity index (χ1n) is 6.55. The summed E-state index contributed by atoms with van der Waals surface area (Å²) in [6.07, 6.45) is -1.31. The fourth-order valence-electron chi connectivity index (χ4n) is 2.15. The lowest BCUT2D eigenvalue weighted by Crippen LogP contribution is -2.38. The third-order valence-corrected chi connectivity index (χ3v) is 3.24. The molecule has 104 valence electrons. The number of hydrogen-bond acceptors (Lipinski definition) is 2. The van der Waals surface area contributed by atoms with Crippen LogP contribution in [0, 0.1) is 0 Å². The molecule has 2 rings (SSSR count). The van der Waals surface area contributed by atoms with Crippen molar-refractivity contribution < 1.29 is 8.78 Å². The number of benzene rings is 1. The second-order valence-electron chi connectivity index (χ2n) is 4.67. The van der Waals surface area contributed by atoms with Gasteiger partial charge < -0.3 is 9.88 Å². The van der Waals surface area contributed by atoms with Gasteiger partial charge in [0, 0.05) is 13.5 Å². The van der Waals surface area contributed by atoms with E-state index in [0.717, 1.165) is 17.5 Å². The Morgan fingerprint density at radius 1 is 1.32 bits per heavy atom. The van der Waals surface area contributed by atoms with Gasteiger partial charge in [0.25, 0.3) is 6.43 Å². The van der Waals surface area contributed by atoms with Crippen LogP contribution in [0.3, 0.4) is 0 Å². The Labute approximate surface area is 111 Å². The van der Waals surface area contributed by atoms with Crippen LogP contribution in [0.5, 0.6) is 0 Å². The number of halogens is 2. The maximum Gasteiger partial charge on any atom is 0.254 e. The number of alkyl halides is 2. The summed E-state index contributed by atoms with van der Waals surface area (Å²) in [5, 5.41) is 2.89. The zero-order valence-electron chi connectivity index (χ0n) is 11.2. The summed E-state index contributed by atoms with van der Waals surface area (Å²) < 4.78 is 27.9. The summed E-state index contributed by atoms with van der Waals surface area (Å²) in [5.41, 5.74) is 1.82. The van der Waals surface area contributed by atoms with Crippen LogP contribution in [-0.2, 0) is 13.5 Å². The predicted octanol–water partition coefficient (Wildman–Crippen LogP) is 2.75. The summed E-state index contributed by atoms with van der Waals surface area (Å²) in [7, 11) is 1.87. The Bertz CT molecular complexity index is 536. The molecule has 1 heterocycles. The monoisotopic (exact) mass is 267 g/mol. The predicted molar refractivity (Wildman–Crippen MR) is 72.5 cm³/mol. The second kappa shape index (κ2) is 6.10. The van der Waals surface area contributed by atoms with Crippen molar-refractivity contribution in [1.82, 2.24) is 14.9 Å². The number of aryl methyl sites for hydroxylation is 1. The van der Waals surface area contributed by atoms with Crippen molar-refractivity contribution >= 4 is 11.0 Å². The first-order valence-corrected chi connectivity index (χ1v) is 6.55. The molecular formula is C14H19F2N3. The van der Waals surface area contributed by atoms with E-state index in [9.17, 15) is 8.78 Å². The van der Waals surface area contributed by atoms with E-state index >= 15 is 0 Å². The van der Waals surface area contributed by atoms with Gasteiger partial charge in [-0.15, -0.1) is 0 Å². The number of para-hydroxylation sites is 2. The van der Waals surface area contributed by atoms with Crippen molar-refractivity contribution in [2.24, 2.45) is 7.05 Å². The van der Waals surface area contributed by atoms with E-state index in [4.69, 9.17) is 0 Å². The zero-order chi connectivity index (χ0) is 13.8. The van der Waals surface area contributed by atoms with E-state index < -0.39 is 12.5 Å². The minimum atomic E-state index is -2.38. The first kappa shape index (κ1) is 13.9. The van der Waals surface area contributed by atoms with Crippen molar-refractivity contribution in [2.75, 3.05) is 6.54 Å².